The fraction of sp³-hybridized carbons (Fsp3) is 0.533. The molecule has 122 valence electrons. The summed E-state index contributed by atoms with van der Waals surface area (Å²) in [6, 6.07) is 4.36. The van der Waals surface area contributed by atoms with Gasteiger partial charge in [-0.15, -0.1) is 12.4 Å². The summed E-state index contributed by atoms with van der Waals surface area (Å²) in [5, 5.41) is 17.1. The Hall–Kier alpha value is -1.66. The molecular formula is C15H22ClN3O3. The van der Waals surface area contributed by atoms with E-state index in [0.717, 1.165) is 31.5 Å². The third kappa shape index (κ3) is 4.42. The van der Waals surface area contributed by atoms with Gasteiger partial charge < -0.3 is 10.6 Å². The summed E-state index contributed by atoms with van der Waals surface area (Å²) in [4.78, 5) is 22.6. The highest BCUT2D eigenvalue weighted by Gasteiger charge is 2.27. The molecule has 2 rings (SSSR count). The number of nitro groups is 1. The van der Waals surface area contributed by atoms with Crippen LogP contribution in [0.1, 0.15) is 35.7 Å². The Morgan fingerprint density at radius 2 is 2.23 bits per heavy atom. The largest absolute Gasteiger partial charge is 0.351 e. The molecule has 22 heavy (non-hydrogen) atoms. The van der Waals surface area contributed by atoms with Crippen molar-refractivity contribution in [2.24, 2.45) is 5.41 Å². The van der Waals surface area contributed by atoms with Crippen LogP contribution in [0.4, 0.5) is 5.69 Å². The van der Waals surface area contributed by atoms with Crippen LogP contribution in [0.25, 0.3) is 0 Å². The van der Waals surface area contributed by atoms with Gasteiger partial charge in [0.15, 0.2) is 0 Å². The minimum absolute atomic E-state index is 0. The van der Waals surface area contributed by atoms with Gasteiger partial charge in [-0.05, 0) is 37.3 Å². The van der Waals surface area contributed by atoms with Crippen molar-refractivity contribution in [3.05, 3.63) is 39.4 Å². The highest BCUT2D eigenvalue weighted by molar-refractivity contribution is 5.96. The Morgan fingerprint density at radius 3 is 2.82 bits per heavy atom. The first-order valence-electron chi connectivity index (χ1n) is 7.15. The van der Waals surface area contributed by atoms with E-state index in [1.807, 2.05) is 0 Å². The highest BCUT2D eigenvalue weighted by Crippen LogP contribution is 2.24. The Morgan fingerprint density at radius 1 is 1.50 bits per heavy atom. The summed E-state index contributed by atoms with van der Waals surface area (Å²) in [6.45, 7) is 6.39. The van der Waals surface area contributed by atoms with Crippen LogP contribution in [0.15, 0.2) is 18.2 Å². The molecule has 1 fully saturated rings. The van der Waals surface area contributed by atoms with E-state index in [2.05, 4.69) is 17.6 Å². The molecule has 1 saturated heterocycles. The molecule has 1 heterocycles. The SMILES string of the molecule is Cc1ccc([N+](=O)[O-])cc1C(=O)NCC1(C)CCCNC1.Cl. The predicted octanol–water partition coefficient (Wildman–Crippen LogP) is 2.44. The molecule has 7 heteroatoms. The number of amides is 1. The lowest BCUT2D eigenvalue weighted by Gasteiger charge is -2.34. The molecule has 1 aliphatic rings. The predicted molar refractivity (Wildman–Crippen MR) is 87.6 cm³/mol. The molecule has 1 unspecified atom stereocenters. The minimum Gasteiger partial charge on any atom is -0.351 e. The van der Waals surface area contributed by atoms with Gasteiger partial charge in [-0.1, -0.05) is 13.0 Å². The molecule has 1 aromatic rings. The number of aryl methyl sites for hydroxylation is 1. The Kier molecular flexibility index (Phi) is 6.32. The van der Waals surface area contributed by atoms with Crippen LogP contribution in [0.5, 0.6) is 0 Å². The van der Waals surface area contributed by atoms with Gasteiger partial charge in [-0.25, -0.2) is 0 Å². The van der Waals surface area contributed by atoms with Crippen LogP contribution in [0.3, 0.4) is 0 Å². The van der Waals surface area contributed by atoms with Gasteiger partial charge in [0.1, 0.15) is 0 Å². The maximum absolute atomic E-state index is 12.3. The van der Waals surface area contributed by atoms with Gasteiger partial charge in [-0.2, -0.15) is 0 Å². The average Bonchev–Trinajstić information content (AvgIpc) is 2.46. The molecule has 0 bridgehead atoms. The molecule has 1 atom stereocenters. The number of nitrogens with zero attached hydrogens (tertiary/aromatic N) is 1. The number of hydrogen-bond donors (Lipinski definition) is 2. The molecular weight excluding hydrogens is 306 g/mol. The third-order valence-electron chi connectivity index (χ3n) is 4.04. The Bertz CT molecular complexity index is 557. The van der Waals surface area contributed by atoms with Gasteiger partial charge in [0, 0.05) is 30.8 Å². The second kappa shape index (κ2) is 7.56. The summed E-state index contributed by atoms with van der Waals surface area (Å²) in [5.41, 5.74) is 1.10. The van der Waals surface area contributed by atoms with E-state index in [4.69, 9.17) is 0 Å². The lowest BCUT2D eigenvalue weighted by Crippen LogP contribution is -2.45. The van der Waals surface area contributed by atoms with Gasteiger partial charge in [0.25, 0.3) is 11.6 Å². The normalized spacial score (nSPS) is 20.8. The summed E-state index contributed by atoms with van der Waals surface area (Å²) in [5.74, 6) is -0.247. The molecule has 0 spiro atoms. The van der Waals surface area contributed by atoms with Gasteiger partial charge in [-0.3, -0.25) is 14.9 Å². The Balaban J connectivity index is 0.00000242. The summed E-state index contributed by atoms with van der Waals surface area (Å²) < 4.78 is 0. The number of carbonyl (C=O) groups excluding carboxylic acids is 1. The van der Waals surface area contributed by atoms with Crippen molar-refractivity contribution in [3.63, 3.8) is 0 Å². The number of nitrogens with one attached hydrogen (secondary N) is 2. The molecule has 1 aliphatic heterocycles. The fourth-order valence-corrected chi connectivity index (χ4v) is 2.63. The van der Waals surface area contributed by atoms with Crippen molar-refractivity contribution in [1.82, 2.24) is 10.6 Å². The molecule has 0 aliphatic carbocycles. The zero-order valence-corrected chi connectivity index (χ0v) is 13.7. The standard InChI is InChI=1S/C15H21N3O3.ClH/c1-11-4-5-12(18(20)21)8-13(11)14(19)17-10-15(2)6-3-7-16-9-15;/h4-5,8,16H,3,6-7,9-10H2,1-2H3,(H,17,19);1H. The first-order chi connectivity index (χ1) is 9.91. The average molecular weight is 328 g/mol. The summed E-state index contributed by atoms with van der Waals surface area (Å²) >= 11 is 0. The van der Waals surface area contributed by atoms with Crippen LogP contribution in [-0.4, -0.2) is 30.5 Å². The molecule has 1 amide bonds. The number of nitro benzene ring substituents is 1. The van der Waals surface area contributed by atoms with E-state index < -0.39 is 4.92 Å². The van der Waals surface area contributed by atoms with Gasteiger partial charge in [0.2, 0.25) is 0 Å². The van der Waals surface area contributed by atoms with Crippen LogP contribution in [0.2, 0.25) is 0 Å². The van der Waals surface area contributed by atoms with E-state index in [-0.39, 0.29) is 29.4 Å². The van der Waals surface area contributed by atoms with E-state index in [9.17, 15) is 14.9 Å². The zero-order chi connectivity index (χ0) is 15.5. The van der Waals surface area contributed by atoms with Crippen LogP contribution < -0.4 is 10.6 Å². The summed E-state index contributed by atoms with van der Waals surface area (Å²) in [6.07, 6.45) is 2.16. The molecule has 6 nitrogen and oxygen atoms in total. The van der Waals surface area contributed by atoms with E-state index >= 15 is 0 Å². The number of halogens is 1. The first-order valence-corrected chi connectivity index (χ1v) is 7.15. The van der Waals surface area contributed by atoms with Crippen molar-refractivity contribution in [2.45, 2.75) is 26.7 Å². The molecule has 0 aromatic heterocycles. The maximum Gasteiger partial charge on any atom is 0.270 e. The zero-order valence-electron chi connectivity index (χ0n) is 12.8. The van der Waals surface area contributed by atoms with E-state index in [1.54, 1.807) is 13.0 Å². The molecule has 2 N–H and O–H groups in total. The minimum atomic E-state index is -0.484. The number of hydrogen-bond acceptors (Lipinski definition) is 4. The van der Waals surface area contributed by atoms with Crippen LogP contribution in [-0.2, 0) is 0 Å². The number of piperidine rings is 1. The maximum atomic E-state index is 12.3. The highest BCUT2D eigenvalue weighted by atomic mass is 35.5. The second-order valence-electron chi connectivity index (χ2n) is 6.03. The second-order valence-corrected chi connectivity index (χ2v) is 6.03. The number of carbonyl (C=O) groups is 1. The number of benzene rings is 1. The van der Waals surface area contributed by atoms with Crippen molar-refractivity contribution >= 4 is 24.0 Å². The lowest BCUT2D eigenvalue weighted by atomic mass is 9.83. The quantitative estimate of drug-likeness (QED) is 0.657. The molecule has 0 saturated carbocycles. The Labute approximate surface area is 136 Å². The van der Waals surface area contributed by atoms with Gasteiger partial charge in [0.05, 0.1) is 4.92 Å². The molecule has 0 radical (unpaired) electrons. The fourth-order valence-electron chi connectivity index (χ4n) is 2.63. The van der Waals surface area contributed by atoms with E-state index in [1.165, 1.54) is 12.1 Å². The molecule has 1 aromatic carbocycles. The van der Waals surface area contributed by atoms with Crippen molar-refractivity contribution < 1.29 is 9.72 Å². The van der Waals surface area contributed by atoms with Crippen LogP contribution in [0, 0.1) is 22.5 Å². The van der Waals surface area contributed by atoms with E-state index in [0.29, 0.717) is 12.1 Å². The lowest BCUT2D eigenvalue weighted by molar-refractivity contribution is -0.384. The topological polar surface area (TPSA) is 84.3 Å². The van der Waals surface area contributed by atoms with Crippen LogP contribution >= 0.6 is 12.4 Å². The van der Waals surface area contributed by atoms with Crippen molar-refractivity contribution in [1.29, 1.82) is 0 Å². The van der Waals surface area contributed by atoms with Crippen molar-refractivity contribution in [2.75, 3.05) is 19.6 Å². The summed E-state index contributed by atoms with van der Waals surface area (Å²) in [7, 11) is 0. The first kappa shape index (κ1) is 18.4. The smallest absolute Gasteiger partial charge is 0.270 e. The monoisotopic (exact) mass is 327 g/mol. The number of non-ortho nitro benzene ring substituents is 1. The third-order valence-corrected chi connectivity index (χ3v) is 4.04. The van der Waals surface area contributed by atoms with Gasteiger partial charge >= 0.3 is 0 Å². The van der Waals surface area contributed by atoms with Crippen molar-refractivity contribution in [3.8, 4) is 0 Å². The number of rotatable bonds is 4.